The minimum atomic E-state index is -0.105. The summed E-state index contributed by atoms with van der Waals surface area (Å²) >= 11 is 3.32. The highest BCUT2D eigenvalue weighted by Crippen LogP contribution is 2.20. The predicted octanol–water partition coefficient (Wildman–Crippen LogP) is 3.04. The quantitative estimate of drug-likeness (QED) is 0.895. The number of carbonyl (C=O) groups excluding carboxylic acids is 1. The van der Waals surface area contributed by atoms with Crippen molar-refractivity contribution in [1.29, 1.82) is 5.26 Å². The van der Waals surface area contributed by atoms with E-state index in [9.17, 15) is 4.79 Å². The molecule has 102 valence electrons. The van der Waals surface area contributed by atoms with Crippen LogP contribution in [0.1, 0.15) is 32.8 Å². The van der Waals surface area contributed by atoms with Gasteiger partial charge in [0.2, 0.25) is 5.91 Å². The van der Waals surface area contributed by atoms with Gasteiger partial charge in [0.15, 0.2) is 0 Å². The molecule has 0 aromatic heterocycles. The summed E-state index contributed by atoms with van der Waals surface area (Å²) in [5.41, 5.74) is 0.992. The fraction of sp³-hybridized carbons (Fsp3) is 0.429. The van der Waals surface area contributed by atoms with Crippen LogP contribution in [-0.2, 0) is 4.79 Å². The number of benzene rings is 1. The first kappa shape index (κ1) is 15.7. The number of carbonyl (C=O) groups is 1. The van der Waals surface area contributed by atoms with Gasteiger partial charge >= 0.3 is 0 Å². The summed E-state index contributed by atoms with van der Waals surface area (Å²) in [6.45, 7) is 6.75. The lowest BCUT2D eigenvalue weighted by atomic mass is 10.1. The maximum atomic E-state index is 11.8. The van der Waals surface area contributed by atoms with Gasteiger partial charge in [0.1, 0.15) is 6.07 Å². The second-order valence-corrected chi connectivity index (χ2v) is 6.19. The highest BCUT2D eigenvalue weighted by atomic mass is 79.9. The molecule has 0 unspecified atom stereocenters. The number of nitrogens with zero attached hydrogens (tertiary/aromatic N) is 1. The fourth-order valence-corrected chi connectivity index (χ4v) is 1.84. The highest BCUT2D eigenvalue weighted by Gasteiger charge is 2.11. The Morgan fingerprint density at radius 2 is 2.11 bits per heavy atom. The van der Waals surface area contributed by atoms with Crippen molar-refractivity contribution in [3.8, 4) is 6.07 Å². The number of hydrogen-bond acceptors (Lipinski definition) is 3. The molecule has 0 saturated heterocycles. The van der Waals surface area contributed by atoms with Crippen LogP contribution < -0.4 is 10.6 Å². The minimum absolute atomic E-state index is 0.00608. The maximum absolute atomic E-state index is 11.8. The Morgan fingerprint density at radius 3 is 2.68 bits per heavy atom. The molecule has 0 atom stereocenters. The molecule has 0 aliphatic carbocycles. The first-order valence-corrected chi connectivity index (χ1v) is 6.85. The number of nitrogens with one attached hydrogen (secondary N) is 2. The largest absolute Gasteiger partial charge is 0.325 e. The van der Waals surface area contributed by atoms with Gasteiger partial charge in [-0.3, -0.25) is 4.79 Å². The maximum Gasteiger partial charge on any atom is 0.225 e. The lowest BCUT2D eigenvalue weighted by Gasteiger charge is -2.20. The second-order valence-electron chi connectivity index (χ2n) is 5.28. The third-order valence-electron chi connectivity index (χ3n) is 2.38. The Hall–Kier alpha value is -1.38. The molecule has 5 heteroatoms. The van der Waals surface area contributed by atoms with Crippen molar-refractivity contribution in [2.45, 2.75) is 32.7 Å². The van der Waals surface area contributed by atoms with Crippen LogP contribution >= 0.6 is 15.9 Å². The zero-order valence-electron chi connectivity index (χ0n) is 11.4. The fourth-order valence-electron chi connectivity index (χ4n) is 1.48. The van der Waals surface area contributed by atoms with Crippen molar-refractivity contribution in [2.24, 2.45) is 0 Å². The summed E-state index contributed by atoms with van der Waals surface area (Å²) in [5, 5.41) is 15.0. The predicted molar refractivity (Wildman–Crippen MR) is 79.9 cm³/mol. The van der Waals surface area contributed by atoms with Gasteiger partial charge in [-0.1, -0.05) is 15.9 Å². The molecular weight excluding hydrogens is 306 g/mol. The first-order valence-electron chi connectivity index (χ1n) is 6.06. The van der Waals surface area contributed by atoms with Crippen LogP contribution in [0.3, 0.4) is 0 Å². The van der Waals surface area contributed by atoms with E-state index in [0.717, 1.165) is 4.47 Å². The van der Waals surface area contributed by atoms with Gasteiger partial charge in [-0.25, -0.2) is 0 Å². The molecule has 1 aromatic carbocycles. The summed E-state index contributed by atoms with van der Waals surface area (Å²) in [6, 6.07) is 7.23. The van der Waals surface area contributed by atoms with Crippen LogP contribution in [0.4, 0.5) is 5.69 Å². The molecule has 0 saturated carbocycles. The van der Waals surface area contributed by atoms with Crippen molar-refractivity contribution in [3.63, 3.8) is 0 Å². The summed E-state index contributed by atoms with van der Waals surface area (Å²) in [5.74, 6) is -0.105. The van der Waals surface area contributed by atoms with Crippen LogP contribution in [0, 0.1) is 11.3 Å². The normalized spacial score (nSPS) is 10.9. The smallest absolute Gasteiger partial charge is 0.225 e. The van der Waals surface area contributed by atoms with E-state index in [1.807, 2.05) is 20.8 Å². The van der Waals surface area contributed by atoms with Gasteiger partial charge in [-0.2, -0.15) is 5.26 Å². The molecule has 1 rings (SSSR count). The topological polar surface area (TPSA) is 64.9 Å². The third kappa shape index (κ3) is 5.86. The number of anilines is 1. The lowest BCUT2D eigenvalue weighted by Crippen LogP contribution is -2.37. The Morgan fingerprint density at radius 1 is 1.42 bits per heavy atom. The van der Waals surface area contributed by atoms with Gasteiger partial charge in [0.05, 0.1) is 11.3 Å². The van der Waals surface area contributed by atoms with E-state index in [-0.39, 0.29) is 11.4 Å². The zero-order valence-corrected chi connectivity index (χ0v) is 13.0. The minimum Gasteiger partial charge on any atom is -0.325 e. The molecule has 19 heavy (non-hydrogen) atoms. The number of hydrogen-bond donors (Lipinski definition) is 2. The molecule has 0 fully saturated rings. The second kappa shape index (κ2) is 6.69. The van der Waals surface area contributed by atoms with Gasteiger partial charge in [-0.15, -0.1) is 0 Å². The average Bonchev–Trinajstić information content (AvgIpc) is 2.27. The van der Waals surface area contributed by atoms with E-state index in [2.05, 4.69) is 32.6 Å². The number of nitriles is 1. The Kier molecular flexibility index (Phi) is 5.52. The van der Waals surface area contributed by atoms with Crippen molar-refractivity contribution in [1.82, 2.24) is 5.32 Å². The molecule has 0 aliphatic heterocycles. The number of amides is 1. The molecular formula is C14H18BrN3O. The monoisotopic (exact) mass is 323 g/mol. The van der Waals surface area contributed by atoms with E-state index in [0.29, 0.717) is 24.2 Å². The van der Waals surface area contributed by atoms with E-state index in [1.165, 1.54) is 0 Å². The summed E-state index contributed by atoms with van der Waals surface area (Å²) in [7, 11) is 0. The molecule has 0 heterocycles. The molecule has 0 aliphatic rings. The lowest BCUT2D eigenvalue weighted by molar-refractivity contribution is -0.116. The number of rotatable bonds is 4. The number of halogens is 1. The van der Waals surface area contributed by atoms with Gasteiger partial charge < -0.3 is 10.6 Å². The van der Waals surface area contributed by atoms with Gasteiger partial charge in [0, 0.05) is 23.0 Å². The standard InChI is InChI=1S/C14H18BrN3O/c1-14(2,3)17-7-6-13(19)18-12-8-11(15)5-4-10(12)9-16/h4-5,8,17H,6-7H2,1-3H3,(H,18,19). The molecule has 1 amide bonds. The van der Waals surface area contributed by atoms with Crippen molar-refractivity contribution < 1.29 is 4.79 Å². The van der Waals surface area contributed by atoms with Crippen LogP contribution in [0.2, 0.25) is 0 Å². The van der Waals surface area contributed by atoms with E-state index < -0.39 is 0 Å². The first-order chi connectivity index (χ1) is 8.81. The molecule has 0 spiro atoms. The summed E-state index contributed by atoms with van der Waals surface area (Å²) in [6.07, 6.45) is 0.370. The Bertz CT molecular complexity index is 500. The molecule has 1 aromatic rings. The summed E-state index contributed by atoms with van der Waals surface area (Å²) in [4.78, 5) is 11.8. The Labute approximate surface area is 122 Å². The SMILES string of the molecule is CC(C)(C)NCCC(=O)Nc1cc(Br)ccc1C#N. The van der Waals surface area contributed by atoms with Crippen LogP contribution in [-0.4, -0.2) is 18.0 Å². The van der Waals surface area contributed by atoms with Crippen LogP contribution in [0.5, 0.6) is 0 Å². The van der Waals surface area contributed by atoms with Crippen molar-refractivity contribution >= 4 is 27.5 Å². The molecule has 4 nitrogen and oxygen atoms in total. The Balaban J connectivity index is 2.58. The molecule has 2 N–H and O–H groups in total. The van der Waals surface area contributed by atoms with E-state index in [4.69, 9.17) is 5.26 Å². The van der Waals surface area contributed by atoms with E-state index >= 15 is 0 Å². The average molecular weight is 324 g/mol. The van der Waals surface area contributed by atoms with E-state index in [1.54, 1.807) is 18.2 Å². The third-order valence-corrected chi connectivity index (χ3v) is 2.88. The van der Waals surface area contributed by atoms with Crippen molar-refractivity contribution in [3.05, 3.63) is 28.2 Å². The summed E-state index contributed by atoms with van der Waals surface area (Å²) < 4.78 is 0.828. The van der Waals surface area contributed by atoms with Crippen molar-refractivity contribution in [2.75, 3.05) is 11.9 Å². The molecule has 0 radical (unpaired) electrons. The van der Waals surface area contributed by atoms with Gasteiger partial charge in [0.25, 0.3) is 0 Å². The van der Waals surface area contributed by atoms with Crippen LogP contribution in [0.15, 0.2) is 22.7 Å². The van der Waals surface area contributed by atoms with Crippen LogP contribution in [0.25, 0.3) is 0 Å². The zero-order chi connectivity index (χ0) is 14.5. The highest BCUT2D eigenvalue weighted by molar-refractivity contribution is 9.10. The molecule has 0 bridgehead atoms. The van der Waals surface area contributed by atoms with Gasteiger partial charge in [-0.05, 0) is 39.0 Å².